The van der Waals surface area contributed by atoms with Gasteiger partial charge in [0.2, 0.25) is 0 Å². The van der Waals surface area contributed by atoms with E-state index in [2.05, 4.69) is 0 Å². The van der Waals surface area contributed by atoms with E-state index >= 15 is 0 Å². The number of carbonyl (C=O) groups is 1. The predicted octanol–water partition coefficient (Wildman–Crippen LogP) is 2.64. The summed E-state index contributed by atoms with van der Waals surface area (Å²) in [6.07, 6.45) is 2.48. The number of benzene rings is 1. The van der Waals surface area contributed by atoms with Crippen LogP contribution in [-0.2, 0) is 7.05 Å². The molecule has 0 fully saturated rings. The van der Waals surface area contributed by atoms with Crippen molar-refractivity contribution >= 4 is 6.29 Å². The van der Waals surface area contributed by atoms with Gasteiger partial charge in [-0.25, -0.2) is 4.39 Å². The highest BCUT2D eigenvalue weighted by Crippen LogP contribution is 2.25. The number of aldehydes is 1. The summed E-state index contributed by atoms with van der Waals surface area (Å²) >= 11 is 0. The van der Waals surface area contributed by atoms with Gasteiger partial charge < -0.3 is 4.57 Å². The van der Waals surface area contributed by atoms with Crippen molar-refractivity contribution in [2.45, 2.75) is 0 Å². The van der Waals surface area contributed by atoms with Crippen LogP contribution in [0, 0.1) is 5.82 Å². The molecule has 3 heteroatoms. The summed E-state index contributed by atoms with van der Waals surface area (Å²) in [4.78, 5) is 10.9. The minimum atomic E-state index is -0.313. The van der Waals surface area contributed by atoms with Gasteiger partial charge in [-0.05, 0) is 12.1 Å². The zero-order valence-corrected chi connectivity index (χ0v) is 8.27. The summed E-state index contributed by atoms with van der Waals surface area (Å²) in [6.45, 7) is 0. The highest BCUT2D eigenvalue weighted by Gasteiger charge is 2.11. The smallest absolute Gasteiger partial charge is 0.167 e. The van der Waals surface area contributed by atoms with E-state index in [-0.39, 0.29) is 5.82 Å². The third-order valence-electron chi connectivity index (χ3n) is 2.40. The molecule has 15 heavy (non-hydrogen) atoms. The van der Waals surface area contributed by atoms with E-state index in [4.69, 9.17) is 0 Å². The predicted molar refractivity (Wildman–Crippen MR) is 56.2 cm³/mol. The van der Waals surface area contributed by atoms with Crippen LogP contribution in [0.4, 0.5) is 4.39 Å². The van der Waals surface area contributed by atoms with Gasteiger partial charge in [0, 0.05) is 24.4 Å². The molecule has 0 N–H and O–H groups in total. The Bertz CT molecular complexity index is 502. The first-order chi connectivity index (χ1) is 7.24. The summed E-state index contributed by atoms with van der Waals surface area (Å²) in [6, 6.07) is 8.17. The number of hydrogen-bond acceptors (Lipinski definition) is 1. The first kappa shape index (κ1) is 9.65. The average Bonchev–Trinajstić information content (AvgIpc) is 2.60. The average molecular weight is 203 g/mol. The van der Waals surface area contributed by atoms with Crippen LogP contribution in [0.25, 0.3) is 11.1 Å². The van der Waals surface area contributed by atoms with E-state index < -0.39 is 0 Å². The fraction of sp³-hybridized carbons (Fsp3) is 0.0833. The molecule has 0 aliphatic heterocycles. The molecule has 0 saturated heterocycles. The summed E-state index contributed by atoms with van der Waals surface area (Å²) in [5.74, 6) is -0.313. The van der Waals surface area contributed by atoms with Gasteiger partial charge in [-0.2, -0.15) is 0 Å². The Morgan fingerprint density at radius 3 is 2.60 bits per heavy atom. The fourth-order valence-corrected chi connectivity index (χ4v) is 1.60. The fourth-order valence-electron chi connectivity index (χ4n) is 1.60. The zero-order chi connectivity index (χ0) is 10.8. The van der Waals surface area contributed by atoms with Crippen molar-refractivity contribution in [2.75, 3.05) is 0 Å². The molecule has 0 amide bonds. The Hall–Kier alpha value is -1.90. The maximum atomic E-state index is 13.5. The number of rotatable bonds is 2. The number of aromatic nitrogens is 1. The molecule has 2 rings (SSSR count). The van der Waals surface area contributed by atoms with Crippen LogP contribution in [0.15, 0.2) is 36.5 Å². The third kappa shape index (κ3) is 1.56. The highest BCUT2D eigenvalue weighted by atomic mass is 19.1. The lowest BCUT2D eigenvalue weighted by Gasteiger charge is -2.02. The molecule has 0 aliphatic carbocycles. The van der Waals surface area contributed by atoms with E-state index in [1.807, 2.05) is 0 Å². The second kappa shape index (κ2) is 3.69. The molecule has 0 atom stereocenters. The van der Waals surface area contributed by atoms with Crippen LogP contribution in [0.3, 0.4) is 0 Å². The Balaban J connectivity index is 2.64. The molecule has 0 aliphatic rings. The Morgan fingerprint density at radius 2 is 1.93 bits per heavy atom. The van der Waals surface area contributed by atoms with Crippen LogP contribution < -0.4 is 0 Å². The number of aryl methyl sites for hydroxylation is 1. The molecule has 0 bridgehead atoms. The SMILES string of the molecule is Cn1ccc(-c2ccccc2F)c1C=O. The Kier molecular flexibility index (Phi) is 2.37. The van der Waals surface area contributed by atoms with Gasteiger partial charge in [-0.15, -0.1) is 0 Å². The van der Waals surface area contributed by atoms with Crippen LogP contribution in [-0.4, -0.2) is 10.9 Å². The lowest BCUT2D eigenvalue weighted by Crippen LogP contribution is -1.95. The van der Waals surface area contributed by atoms with E-state index in [0.717, 1.165) is 6.29 Å². The maximum absolute atomic E-state index is 13.5. The first-order valence-corrected chi connectivity index (χ1v) is 4.59. The van der Waals surface area contributed by atoms with Crippen molar-refractivity contribution in [1.82, 2.24) is 4.57 Å². The number of nitrogens with zero attached hydrogens (tertiary/aromatic N) is 1. The van der Waals surface area contributed by atoms with Crippen LogP contribution in [0.1, 0.15) is 10.5 Å². The monoisotopic (exact) mass is 203 g/mol. The molecule has 0 radical (unpaired) electrons. The van der Waals surface area contributed by atoms with Gasteiger partial charge in [0.05, 0.1) is 5.69 Å². The molecule has 0 spiro atoms. The quantitative estimate of drug-likeness (QED) is 0.688. The van der Waals surface area contributed by atoms with Gasteiger partial charge in [-0.3, -0.25) is 4.79 Å². The molecule has 0 saturated carbocycles. The minimum Gasteiger partial charge on any atom is -0.348 e. The van der Waals surface area contributed by atoms with Gasteiger partial charge in [-0.1, -0.05) is 18.2 Å². The Labute approximate surface area is 87.0 Å². The molecule has 1 heterocycles. The summed E-state index contributed by atoms with van der Waals surface area (Å²) in [7, 11) is 1.76. The van der Waals surface area contributed by atoms with E-state index in [1.54, 1.807) is 42.1 Å². The molecule has 1 aromatic heterocycles. The number of halogens is 1. The minimum absolute atomic E-state index is 0.313. The largest absolute Gasteiger partial charge is 0.348 e. The topological polar surface area (TPSA) is 22.0 Å². The van der Waals surface area contributed by atoms with Crippen molar-refractivity contribution in [1.29, 1.82) is 0 Å². The molecule has 76 valence electrons. The number of carbonyl (C=O) groups excluding carboxylic acids is 1. The molecular formula is C12H10FNO. The molecule has 2 aromatic rings. The summed E-state index contributed by atoms with van der Waals surface area (Å²) < 4.78 is 15.2. The summed E-state index contributed by atoms with van der Waals surface area (Å²) in [5.41, 5.74) is 1.57. The van der Waals surface area contributed by atoms with Gasteiger partial charge in [0.25, 0.3) is 0 Å². The molecule has 2 nitrogen and oxygen atoms in total. The van der Waals surface area contributed by atoms with Crippen LogP contribution >= 0.6 is 0 Å². The lowest BCUT2D eigenvalue weighted by molar-refractivity contribution is 0.111. The second-order valence-electron chi connectivity index (χ2n) is 3.32. The van der Waals surface area contributed by atoms with Crippen molar-refractivity contribution in [3.63, 3.8) is 0 Å². The van der Waals surface area contributed by atoms with Crippen molar-refractivity contribution in [2.24, 2.45) is 7.05 Å². The molecule has 0 unspecified atom stereocenters. The molecule has 1 aromatic carbocycles. The second-order valence-corrected chi connectivity index (χ2v) is 3.32. The van der Waals surface area contributed by atoms with Gasteiger partial charge in [0.15, 0.2) is 6.29 Å². The molecular weight excluding hydrogens is 193 g/mol. The lowest BCUT2D eigenvalue weighted by atomic mass is 10.1. The normalized spacial score (nSPS) is 10.3. The van der Waals surface area contributed by atoms with E-state index in [1.165, 1.54) is 6.07 Å². The first-order valence-electron chi connectivity index (χ1n) is 4.59. The summed E-state index contributed by atoms with van der Waals surface area (Å²) in [5, 5.41) is 0. The van der Waals surface area contributed by atoms with Crippen molar-refractivity contribution < 1.29 is 9.18 Å². The van der Waals surface area contributed by atoms with E-state index in [0.29, 0.717) is 16.8 Å². The Morgan fingerprint density at radius 1 is 1.20 bits per heavy atom. The van der Waals surface area contributed by atoms with Gasteiger partial charge >= 0.3 is 0 Å². The van der Waals surface area contributed by atoms with E-state index in [9.17, 15) is 9.18 Å². The van der Waals surface area contributed by atoms with Crippen LogP contribution in [0.2, 0.25) is 0 Å². The number of hydrogen-bond donors (Lipinski definition) is 0. The standard InChI is InChI=1S/C12H10FNO/c1-14-7-6-10(12(14)8-15)9-4-2-3-5-11(9)13/h2-8H,1H3. The third-order valence-corrected chi connectivity index (χ3v) is 2.40. The van der Waals surface area contributed by atoms with Gasteiger partial charge in [0.1, 0.15) is 5.82 Å². The van der Waals surface area contributed by atoms with Crippen molar-refractivity contribution in [3.05, 3.63) is 48.0 Å². The maximum Gasteiger partial charge on any atom is 0.167 e. The van der Waals surface area contributed by atoms with Crippen molar-refractivity contribution in [3.8, 4) is 11.1 Å². The zero-order valence-electron chi connectivity index (χ0n) is 8.27. The van der Waals surface area contributed by atoms with Crippen LogP contribution in [0.5, 0.6) is 0 Å². The highest BCUT2D eigenvalue weighted by molar-refractivity contribution is 5.86.